The number of aromatic amines is 1. The Labute approximate surface area is 156 Å². The Kier molecular flexibility index (Phi) is 4.01. The van der Waals surface area contributed by atoms with Gasteiger partial charge in [0.15, 0.2) is 0 Å². The van der Waals surface area contributed by atoms with E-state index in [9.17, 15) is 4.79 Å². The van der Waals surface area contributed by atoms with Gasteiger partial charge in [-0.05, 0) is 48.7 Å². The highest BCUT2D eigenvalue weighted by Crippen LogP contribution is 2.36. The van der Waals surface area contributed by atoms with Gasteiger partial charge in [-0.2, -0.15) is 0 Å². The molecule has 1 fully saturated rings. The number of fused-ring (bicyclic) bond motifs is 1. The molecule has 7 heteroatoms. The van der Waals surface area contributed by atoms with Gasteiger partial charge in [-0.15, -0.1) is 5.10 Å². The van der Waals surface area contributed by atoms with Crippen molar-refractivity contribution in [3.8, 4) is 17.2 Å². The Balaban J connectivity index is 1.33. The van der Waals surface area contributed by atoms with Crippen LogP contribution in [-0.4, -0.2) is 33.2 Å². The van der Waals surface area contributed by atoms with Crippen LogP contribution in [0, 0.1) is 0 Å². The number of rotatable bonds is 4. The molecule has 27 heavy (non-hydrogen) atoms. The van der Waals surface area contributed by atoms with Crippen LogP contribution in [0.25, 0.3) is 11.5 Å². The molecule has 1 N–H and O–H groups in total. The van der Waals surface area contributed by atoms with Crippen LogP contribution in [0.1, 0.15) is 35.7 Å². The van der Waals surface area contributed by atoms with Crippen molar-refractivity contribution in [2.45, 2.75) is 31.8 Å². The van der Waals surface area contributed by atoms with E-state index in [-0.39, 0.29) is 0 Å². The highest BCUT2D eigenvalue weighted by Gasteiger charge is 2.27. The smallest absolute Gasteiger partial charge is 0.434 e. The van der Waals surface area contributed by atoms with Crippen molar-refractivity contribution >= 4 is 0 Å². The average Bonchev–Trinajstić information content (AvgIpc) is 3.42. The molecule has 1 saturated heterocycles. The van der Waals surface area contributed by atoms with Gasteiger partial charge in [-0.25, -0.2) is 9.89 Å². The molecule has 0 radical (unpaired) electrons. The molecular weight excluding hydrogens is 344 g/mol. The van der Waals surface area contributed by atoms with Crippen molar-refractivity contribution < 1.29 is 9.15 Å². The molecule has 4 heterocycles. The van der Waals surface area contributed by atoms with Crippen molar-refractivity contribution in [3.05, 3.63) is 63.9 Å². The fourth-order valence-corrected chi connectivity index (χ4v) is 3.97. The maximum atomic E-state index is 11.1. The van der Waals surface area contributed by atoms with Gasteiger partial charge in [-0.1, -0.05) is 12.1 Å². The van der Waals surface area contributed by atoms with E-state index >= 15 is 0 Å². The van der Waals surface area contributed by atoms with Gasteiger partial charge in [-0.3, -0.25) is 9.88 Å². The summed E-state index contributed by atoms with van der Waals surface area (Å²) in [6.45, 7) is 2.68. The lowest BCUT2D eigenvalue weighted by Gasteiger charge is -2.25. The normalized spacial score (nSPS) is 19.2. The fourth-order valence-electron chi connectivity index (χ4n) is 3.97. The molecule has 0 amide bonds. The number of hydrogen-bond donors (Lipinski definition) is 1. The summed E-state index contributed by atoms with van der Waals surface area (Å²) < 4.78 is 10.7. The summed E-state index contributed by atoms with van der Waals surface area (Å²) in [6, 6.07) is 10.5. The van der Waals surface area contributed by atoms with Crippen molar-refractivity contribution in [1.82, 2.24) is 20.1 Å². The zero-order chi connectivity index (χ0) is 18.2. The van der Waals surface area contributed by atoms with E-state index in [0.717, 1.165) is 49.5 Å². The van der Waals surface area contributed by atoms with E-state index < -0.39 is 5.76 Å². The van der Waals surface area contributed by atoms with Crippen molar-refractivity contribution in [2.75, 3.05) is 13.2 Å². The minimum absolute atomic E-state index is 0.315. The molecule has 3 aromatic rings. The molecule has 0 spiro atoms. The molecule has 1 atom stereocenters. The minimum Gasteiger partial charge on any atom is -0.491 e. The summed E-state index contributed by atoms with van der Waals surface area (Å²) >= 11 is 0. The van der Waals surface area contributed by atoms with Gasteiger partial charge < -0.3 is 9.15 Å². The summed E-state index contributed by atoms with van der Waals surface area (Å²) in [4.78, 5) is 18.2. The van der Waals surface area contributed by atoms with Crippen LogP contribution in [0.2, 0.25) is 0 Å². The topological polar surface area (TPSA) is 84.2 Å². The Morgan fingerprint density at radius 3 is 2.96 bits per heavy atom. The van der Waals surface area contributed by atoms with E-state index in [1.807, 2.05) is 18.3 Å². The van der Waals surface area contributed by atoms with E-state index in [4.69, 9.17) is 9.15 Å². The predicted molar refractivity (Wildman–Crippen MR) is 98.4 cm³/mol. The maximum Gasteiger partial charge on any atom is 0.434 e. The first-order valence-corrected chi connectivity index (χ1v) is 9.27. The maximum absolute atomic E-state index is 11.1. The fraction of sp³-hybridized carbons (Fsp3) is 0.350. The molecule has 2 aliphatic heterocycles. The number of aromatic nitrogens is 3. The van der Waals surface area contributed by atoms with Crippen molar-refractivity contribution in [1.29, 1.82) is 0 Å². The number of likely N-dealkylation sites (tertiary alicyclic amines) is 1. The molecule has 7 nitrogen and oxygen atoms in total. The van der Waals surface area contributed by atoms with Gasteiger partial charge in [0.1, 0.15) is 5.75 Å². The minimum atomic E-state index is -0.541. The number of H-pyrrole nitrogens is 1. The second kappa shape index (κ2) is 6.66. The van der Waals surface area contributed by atoms with Gasteiger partial charge in [0.05, 0.1) is 12.3 Å². The van der Waals surface area contributed by atoms with E-state index in [1.54, 1.807) is 0 Å². The SMILES string of the molecule is O=c1[nH]nc(-c2ccc(CN3CCC[C@@H]3c3cnc4c(c3)OCC4)cc2)o1. The Morgan fingerprint density at radius 2 is 2.15 bits per heavy atom. The molecule has 0 bridgehead atoms. The third kappa shape index (κ3) is 3.14. The molecule has 2 aromatic heterocycles. The second-order valence-corrected chi connectivity index (χ2v) is 7.06. The number of hydrogen-bond acceptors (Lipinski definition) is 6. The molecule has 0 unspecified atom stereocenters. The number of benzene rings is 1. The third-order valence-electron chi connectivity index (χ3n) is 5.32. The summed E-state index contributed by atoms with van der Waals surface area (Å²) in [5, 5.41) is 6.15. The molecule has 1 aromatic carbocycles. The van der Waals surface area contributed by atoms with Crippen LogP contribution in [0.5, 0.6) is 5.75 Å². The molecule has 0 aliphatic carbocycles. The predicted octanol–water partition coefficient (Wildman–Crippen LogP) is 2.70. The van der Waals surface area contributed by atoms with E-state index in [0.29, 0.717) is 11.9 Å². The van der Waals surface area contributed by atoms with Crippen LogP contribution in [0.4, 0.5) is 0 Å². The lowest BCUT2D eigenvalue weighted by Crippen LogP contribution is -2.22. The zero-order valence-corrected chi connectivity index (χ0v) is 14.9. The monoisotopic (exact) mass is 364 g/mol. The summed E-state index contributed by atoms with van der Waals surface area (Å²) in [7, 11) is 0. The Bertz CT molecular complexity index is 1010. The summed E-state index contributed by atoms with van der Waals surface area (Å²) in [5.74, 6) is 0.722. The molecule has 2 aliphatic rings. The van der Waals surface area contributed by atoms with Crippen LogP contribution in [-0.2, 0) is 13.0 Å². The van der Waals surface area contributed by atoms with E-state index in [2.05, 4.69) is 38.3 Å². The highest BCUT2D eigenvalue weighted by molar-refractivity contribution is 5.52. The quantitative estimate of drug-likeness (QED) is 0.766. The summed E-state index contributed by atoms with van der Waals surface area (Å²) in [6.07, 6.45) is 5.24. The van der Waals surface area contributed by atoms with Crippen LogP contribution < -0.4 is 10.5 Å². The van der Waals surface area contributed by atoms with Gasteiger partial charge in [0, 0.05) is 30.8 Å². The van der Waals surface area contributed by atoms with Gasteiger partial charge in [0.2, 0.25) is 5.89 Å². The number of nitrogens with zero attached hydrogens (tertiary/aromatic N) is 3. The molecular formula is C20H20N4O3. The number of ether oxygens (including phenoxy) is 1. The highest BCUT2D eigenvalue weighted by atomic mass is 16.5. The first-order valence-electron chi connectivity index (χ1n) is 9.27. The molecule has 5 rings (SSSR count). The standard InChI is InChI=1S/C20H20N4O3/c25-20-23-22-19(27-20)14-5-3-13(4-6-14)12-24-8-1-2-17(24)15-10-18-16(21-11-15)7-9-26-18/h3-6,10-11,17H,1-2,7-9,12H2,(H,23,25)/t17-/m1/s1. The Morgan fingerprint density at radius 1 is 1.26 bits per heavy atom. The van der Waals surface area contributed by atoms with Crippen LogP contribution in [0.3, 0.4) is 0 Å². The van der Waals surface area contributed by atoms with Crippen LogP contribution >= 0.6 is 0 Å². The molecule has 0 saturated carbocycles. The largest absolute Gasteiger partial charge is 0.491 e. The Hall–Kier alpha value is -2.93. The number of pyridine rings is 1. The van der Waals surface area contributed by atoms with Crippen molar-refractivity contribution in [2.24, 2.45) is 0 Å². The third-order valence-corrected chi connectivity index (χ3v) is 5.32. The van der Waals surface area contributed by atoms with Crippen LogP contribution in [0.15, 0.2) is 45.7 Å². The lowest BCUT2D eigenvalue weighted by molar-refractivity contribution is 0.247. The van der Waals surface area contributed by atoms with Gasteiger partial charge in [0.25, 0.3) is 0 Å². The lowest BCUT2D eigenvalue weighted by atomic mass is 10.0. The summed E-state index contributed by atoms with van der Waals surface area (Å²) in [5.41, 5.74) is 4.32. The van der Waals surface area contributed by atoms with E-state index in [1.165, 1.54) is 17.5 Å². The molecule has 138 valence electrons. The van der Waals surface area contributed by atoms with Gasteiger partial charge >= 0.3 is 5.76 Å². The first kappa shape index (κ1) is 16.3. The second-order valence-electron chi connectivity index (χ2n) is 7.06. The zero-order valence-electron chi connectivity index (χ0n) is 14.9. The average molecular weight is 364 g/mol. The van der Waals surface area contributed by atoms with Crippen molar-refractivity contribution in [3.63, 3.8) is 0 Å². The number of nitrogens with one attached hydrogen (secondary N) is 1. The first-order chi connectivity index (χ1) is 13.3.